The summed E-state index contributed by atoms with van der Waals surface area (Å²) in [5.41, 5.74) is 1.73. The molecule has 1 aliphatic carbocycles. The van der Waals surface area contributed by atoms with Crippen molar-refractivity contribution in [2.45, 2.75) is 18.9 Å². The summed E-state index contributed by atoms with van der Waals surface area (Å²) in [5.74, 6) is 0.0514. The van der Waals surface area contributed by atoms with Crippen LogP contribution < -0.4 is 15.4 Å². The van der Waals surface area contributed by atoms with Crippen LogP contribution in [-0.2, 0) is 9.53 Å². The minimum Gasteiger partial charge on any atom is -0.488 e. The zero-order valence-electron chi connectivity index (χ0n) is 18.4. The number of carbonyl (C=O) groups excluding carboxylic acids is 2. The number of hydrogen-bond donors (Lipinski definition) is 2. The van der Waals surface area contributed by atoms with Crippen LogP contribution in [0.1, 0.15) is 23.2 Å². The molecule has 3 aromatic rings. The second-order valence-electron chi connectivity index (χ2n) is 8.07. The fourth-order valence-electron chi connectivity index (χ4n) is 3.44. The van der Waals surface area contributed by atoms with Gasteiger partial charge in [-0.2, -0.15) is 0 Å². The summed E-state index contributed by atoms with van der Waals surface area (Å²) in [4.78, 5) is 31.6. The molecule has 1 aromatic carbocycles. The highest BCUT2D eigenvalue weighted by atomic mass is 32.1. The van der Waals surface area contributed by atoms with E-state index < -0.39 is 0 Å². The van der Waals surface area contributed by atoms with Gasteiger partial charge in [-0.05, 0) is 43.2 Å². The van der Waals surface area contributed by atoms with Crippen LogP contribution >= 0.6 is 11.3 Å². The first-order chi connectivity index (χ1) is 16.6. The molecule has 1 saturated heterocycles. The van der Waals surface area contributed by atoms with E-state index in [-0.39, 0.29) is 24.5 Å². The van der Waals surface area contributed by atoms with E-state index in [1.54, 1.807) is 30.6 Å². The maximum absolute atomic E-state index is 12.9. The minimum atomic E-state index is -0.348. The Morgan fingerprint density at radius 1 is 1.09 bits per heavy atom. The molecule has 176 valence electrons. The first-order valence-corrected chi connectivity index (χ1v) is 11.9. The number of carbonyl (C=O) groups is 2. The van der Waals surface area contributed by atoms with Gasteiger partial charge in [0.05, 0.1) is 31.5 Å². The van der Waals surface area contributed by atoms with E-state index in [2.05, 4.69) is 25.8 Å². The lowest BCUT2D eigenvalue weighted by atomic mass is 10.1. The van der Waals surface area contributed by atoms with Crippen molar-refractivity contribution in [3.63, 3.8) is 0 Å². The standard InChI is InChI=1S/C23H24N6O4S/c30-20(14-29-9-11-32-12-10-29)25-18-13-16(1-4-19(18)33-17-2-3-17)21(31)26-23-28-27-22(34-23)15-5-7-24-8-6-15/h1,4-8,13,17H,2-3,9-12,14H2,(H,25,30)(H,26,28,31). The van der Waals surface area contributed by atoms with E-state index in [9.17, 15) is 9.59 Å². The zero-order valence-corrected chi connectivity index (χ0v) is 19.2. The minimum absolute atomic E-state index is 0.155. The van der Waals surface area contributed by atoms with Gasteiger partial charge in [-0.25, -0.2) is 0 Å². The van der Waals surface area contributed by atoms with Crippen LogP contribution in [0.25, 0.3) is 10.6 Å². The number of ether oxygens (including phenoxy) is 2. The van der Waals surface area contributed by atoms with Gasteiger partial charge >= 0.3 is 0 Å². The lowest BCUT2D eigenvalue weighted by Crippen LogP contribution is -2.41. The first kappa shape index (κ1) is 22.4. The number of hydrogen-bond acceptors (Lipinski definition) is 9. The third kappa shape index (κ3) is 5.74. The number of rotatable bonds is 8. The molecular weight excluding hydrogens is 456 g/mol. The molecule has 0 radical (unpaired) electrons. The highest BCUT2D eigenvalue weighted by Gasteiger charge is 2.26. The molecule has 10 nitrogen and oxygen atoms in total. The van der Waals surface area contributed by atoms with Gasteiger partial charge in [0.1, 0.15) is 10.8 Å². The summed E-state index contributed by atoms with van der Waals surface area (Å²) in [6.45, 7) is 2.92. The van der Waals surface area contributed by atoms with Gasteiger partial charge in [-0.3, -0.25) is 24.8 Å². The van der Waals surface area contributed by atoms with Crippen LogP contribution in [0, 0.1) is 0 Å². The summed E-state index contributed by atoms with van der Waals surface area (Å²) >= 11 is 1.27. The fraction of sp³-hybridized carbons (Fsp3) is 0.348. The van der Waals surface area contributed by atoms with Gasteiger partial charge in [-0.1, -0.05) is 11.3 Å². The largest absolute Gasteiger partial charge is 0.488 e. The third-order valence-corrected chi connectivity index (χ3v) is 6.27. The molecule has 34 heavy (non-hydrogen) atoms. The van der Waals surface area contributed by atoms with Crippen LogP contribution in [0.3, 0.4) is 0 Å². The number of nitrogens with one attached hydrogen (secondary N) is 2. The molecule has 0 spiro atoms. The molecule has 2 aliphatic rings. The predicted octanol–water partition coefficient (Wildman–Crippen LogP) is 2.66. The number of pyridine rings is 1. The van der Waals surface area contributed by atoms with Crippen LogP contribution in [0.5, 0.6) is 5.75 Å². The second-order valence-corrected chi connectivity index (χ2v) is 9.04. The lowest BCUT2D eigenvalue weighted by Gasteiger charge is -2.26. The maximum atomic E-state index is 12.9. The Bertz CT molecular complexity index is 1160. The Morgan fingerprint density at radius 2 is 1.88 bits per heavy atom. The van der Waals surface area contributed by atoms with E-state index in [0.29, 0.717) is 53.4 Å². The summed E-state index contributed by atoms with van der Waals surface area (Å²) in [7, 11) is 0. The number of anilines is 2. The molecule has 2 amide bonds. The summed E-state index contributed by atoms with van der Waals surface area (Å²) in [6, 6.07) is 8.69. The van der Waals surface area contributed by atoms with Crippen molar-refractivity contribution >= 4 is 34.0 Å². The second kappa shape index (κ2) is 10.2. The molecule has 11 heteroatoms. The monoisotopic (exact) mass is 480 g/mol. The highest BCUT2D eigenvalue weighted by Crippen LogP contribution is 2.33. The predicted molar refractivity (Wildman–Crippen MR) is 127 cm³/mol. The molecule has 2 N–H and O–H groups in total. The summed E-state index contributed by atoms with van der Waals surface area (Å²) in [6.07, 6.45) is 5.48. The Labute approximate surface area is 200 Å². The van der Waals surface area contributed by atoms with Crippen molar-refractivity contribution in [2.75, 3.05) is 43.5 Å². The van der Waals surface area contributed by atoms with Crippen molar-refractivity contribution in [2.24, 2.45) is 0 Å². The van der Waals surface area contributed by atoms with Gasteiger partial charge in [-0.15, -0.1) is 10.2 Å². The molecule has 2 fully saturated rings. The van der Waals surface area contributed by atoms with Crippen LogP contribution in [0.15, 0.2) is 42.7 Å². The lowest BCUT2D eigenvalue weighted by molar-refractivity contribution is -0.118. The third-order valence-electron chi connectivity index (χ3n) is 5.38. The van der Waals surface area contributed by atoms with Crippen LogP contribution in [-0.4, -0.2) is 70.8 Å². The molecule has 1 aliphatic heterocycles. The van der Waals surface area contributed by atoms with Crippen LogP contribution in [0.4, 0.5) is 10.8 Å². The SMILES string of the molecule is O=C(CN1CCOCC1)Nc1cc(C(=O)Nc2nnc(-c3ccncc3)s2)ccc1OC1CC1. The average molecular weight is 481 g/mol. The van der Waals surface area contributed by atoms with Crippen molar-refractivity contribution in [3.05, 3.63) is 48.3 Å². The van der Waals surface area contributed by atoms with Gasteiger partial charge in [0.15, 0.2) is 0 Å². The number of nitrogens with zero attached hydrogens (tertiary/aromatic N) is 4. The number of amides is 2. The molecule has 0 bridgehead atoms. The quantitative estimate of drug-likeness (QED) is 0.505. The van der Waals surface area contributed by atoms with E-state index in [1.807, 2.05) is 17.0 Å². The zero-order chi connectivity index (χ0) is 23.3. The molecule has 5 rings (SSSR count). The van der Waals surface area contributed by atoms with Gasteiger partial charge in [0.25, 0.3) is 5.91 Å². The summed E-state index contributed by atoms with van der Waals surface area (Å²) < 4.78 is 11.3. The van der Waals surface area contributed by atoms with E-state index in [0.717, 1.165) is 18.4 Å². The molecule has 1 saturated carbocycles. The number of morpholine rings is 1. The number of aromatic nitrogens is 3. The highest BCUT2D eigenvalue weighted by molar-refractivity contribution is 7.18. The Morgan fingerprint density at radius 3 is 2.65 bits per heavy atom. The molecule has 0 unspecified atom stereocenters. The molecular formula is C23H24N6O4S. The molecule has 3 heterocycles. The van der Waals surface area contributed by atoms with Gasteiger partial charge < -0.3 is 14.8 Å². The van der Waals surface area contributed by atoms with Gasteiger partial charge in [0, 0.05) is 36.6 Å². The molecule has 2 aromatic heterocycles. The Hall–Kier alpha value is -3.41. The maximum Gasteiger partial charge on any atom is 0.257 e. The summed E-state index contributed by atoms with van der Waals surface area (Å²) in [5, 5.41) is 15.0. The van der Waals surface area contributed by atoms with E-state index in [4.69, 9.17) is 9.47 Å². The van der Waals surface area contributed by atoms with E-state index >= 15 is 0 Å². The Balaban J connectivity index is 1.28. The smallest absolute Gasteiger partial charge is 0.257 e. The molecule has 0 atom stereocenters. The topological polar surface area (TPSA) is 119 Å². The van der Waals surface area contributed by atoms with Crippen molar-refractivity contribution in [1.82, 2.24) is 20.1 Å². The first-order valence-electron chi connectivity index (χ1n) is 11.1. The average Bonchev–Trinajstić information content (AvgIpc) is 3.56. The van der Waals surface area contributed by atoms with Crippen molar-refractivity contribution < 1.29 is 19.1 Å². The Kier molecular flexibility index (Phi) is 6.74. The normalized spacial score (nSPS) is 16.1. The van der Waals surface area contributed by atoms with Crippen LogP contribution in [0.2, 0.25) is 0 Å². The van der Waals surface area contributed by atoms with Gasteiger partial charge in [0.2, 0.25) is 11.0 Å². The number of benzene rings is 1. The van der Waals surface area contributed by atoms with Crippen molar-refractivity contribution in [3.8, 4) is 16.3 Å². The van der Waals surface area contributed by atoms with E-state index in [1.165, 1.54) is 11.3 Å². The fourth-order valence-corrected chi connectivity index (χ4v) is 4.19. The van der Waals surface area contributed by atoms with Crippen molar-refractivity contribution in [1.29, 1.82) is 0 Å².